The Balaban J connectivity index is 1.31. The minimum absolute atomic E-state index is 0.214. The van der Waals surface area contributed by atoms with Gasteiger partial charge in [-0.3, -0.25) is 4.90 Å². The Morgan fingerprint density at radius 2 is 1.75 bits per heavy atom. The molecule has 0 amide bonds. The zero-order chi connectivity index (χ0) is 21.9. The molecule has 0 atom stereocenters. The lowest BCUT2D eigenvalue weighted by molar-refractivity contribution is 0.189. The van der Waals surface area contributed by atoms with Crippen LogP contribution in [0, 0.1) is 0 Å². The first-order valence-corrected chi connectivity index (χ1v) is 11.0. The van der Waals surface area contributed by atoms with Crippen LogP contribution in [-0.4, -0.2) is 69.1 Å². The molecule has 0 spiro atoms. The number of aliphatic hydroxyl groups is 1. The molecule has 0 saturated carbocycles. The van der Waals surface area contributed by atoms with Gasteiger partial charge in [-0.15, -0.1) is 0 Å². The van der Waals surface area contributed by atoms with Crippen molar-refractivity contribution >= 4 is 39.8 Å². The van der Waals surface area contributed by atoms with Gasteiger partial charge in [-0.2, -0.15) is 10.1 Å². The van der Waals surface area contributed by atoms with Gasteiger partial charge in [0, 0.05) is 49.5 Å². The average molecular weight is 450 g/mol. The summed E-state index contributed by atoms with van der Waals surface area (Å²) in [5.41, 5.74) is 3.01. The summed E-state index contributed by atoms with van der Waals surface area (Å²) in [6.07, 6.45) is 3.38. The number of β-amino-alcohol motifs (C(OH)–C–C–N with tert-alkyl or cyclic N) is 1. The Kier molecular flexibility index (Phi) is 5.89. The highest BCUT2D eigenvalue weighted by molar-refractivity contribution is 6.32. The normalized spacial score (nSPS) is 14.8. The van der Waals surface area contributed by atoms with Gasteiger partial charge in [-0.05, 0) is 30.3 Å². The van der Waals surface area contributed by atoms with Crippen molar-refractivity contribution in [2.75, 3.05) is 49.5 Å². The number of hydrogen-bond donors (Lipinski definition) is 2. The Morgan fingerprint density at radius 3 is 2.53 bits per heavy atom. The standard InChI is InChI=1S/C23H24ClN7O/c24-20-16-25-23(28-22(20)31-21-4-2-1-3-17(21)15-26-31)27-18-5-7-19(8-6-18)30-11-9-29(10-12-30)13-14-32/h1-8,15-16,32H,9-14H2,(H,25,27,28). The van der Waals surface area contributed by atoms with Gasteiger partial charge in [0.1, 0.15) is 5.02 Å². The number of aromatic nitrogens is 4. The molecule has 4 aromatic rings. The SMILES string of the molecule is OCCN1CCN(c2ccc(Nc3ncc(Cl)c(-n4ncc5ccccc54)n3)cc2)CC1. The number of benzene rings is 2. The van der Waals surface area contributed by atoms with Crippen molar-refractivity contribution in [3.05, 3.63) is 65.9 Å². The van der Waals surface area contributed by atoms with Crippen molar-refractivity contribution < 1.29 is 5.11 Å². The summed E-state index contributed by atoms with van der Waals surface area (Å²) in [7, 11) is 0. The van der Waals surface area contributed by atoms with E-state index in [0.29, 0.717) is 16.8 Å². The highest BCUT2D eigenvalue weighted by Crippen LogP contribution is 2.25. The summed E-state index contributed by atoms with van der Waals surface area (Å²) in [4.78, 5) is 13.6. The predicted octanol–water partition coefficient (Wildman–Crippen LogP) is 3.33. The Hall–Kier alpha value is -3.20. The molecule has 9 heteroatoms. The molecule has 1 aliphatic rings. The Bertz CT molecular complexity index is 1200. The molecule has 1 fully saturated rings. The number of rotatable bonds is 6. The van der Waals surface area contributed by atoms with Crippen LogP contribution in [0.3, 0.4) is 0 Å². The first-order chi connectivity index (χ1) is 15.7. The molecule has 0 radical (unpaired) electrons. The molecule has 164 valence electrons. The maximum atomic E-state index is 9.10. The van der Waals surface area contributed by atoms with E-state index in [-0.39, 0.29) is 6.61 Å². The van der Waals surface area contributed by atoms with Crippen LogP contribution >= 0.6 is 11.6 Å². The van der Waals surface area contributed by atoms with Gasteiger partial charge in [0.15, 0.2) is 5.82 Å². The number of fused-ring (bicyclic) bond motifs is 1. The van der Waals surface area contributed by atoms with Gasteiger partial charge in [0.25, 0.3) is 0 Å². The topological polar surface area (TPSA) is 82.3 Å². The molecule has 2 aromatic carbocycles. The number of nitrogens with one attached hydrogen (secondary N) is 1. The summed E-state index contributed by atoms with van der Waals surface area (Å²) in [5.74, 6) is 0.983. The van der Waals surface area contributed by atoms with Gasteiger partial charge in [-0.25, -0.2) is 9.67 Å². The van der Waals surface area contributed by atoms with Crippen molar-refractivity contribution in [2.45, 2.75) is 0 Å². The second-order valence-corrected chi connectivity index (χ2v) is 8.11. The van der Waals surface area contributed by atoms with E-state index in [1.54, 1.807) is 17.1 Å². The van der Waals surface area contributed by atoms with Crippen LogP contribution in [-0.2, 0) is 0 Å². The molecule has 0 unspecified atom stereocenters. The number of halogens is 1. The number of piperazine rings is 1. The lowest BCUT2D eigenvalue weighted by Crippen LogP contribution is -2.47. The lowest BCUT2D eigenvalue weighted by Gasteiger charge is -2.35. The number of nitrogens with zero attached hydrogens (tertiary/aromatic N) is 6. The third-order valence-electron chi connectivity index (χ3n) is 5.68. The average Bonchev–Trinajstić information content (AvgIpc) is 3.26. The van der Waals surface area contributed by atoms with Gasteiger partial charge in [0.05, 0.1) is 24.5 Å². The minimum Gasteiger partial charge on any atom is -0.395 e. The maximum absolute atomic E-state index is 9.10. The smallest absolute Gasteiger partial charge is 0.229 e. The lowest BCUT2D eigenvalue weighted by atomic mass is 10.2. The van der Waals surface area contributed by atoms with E-state index in [1.807, 2.05) is 36.4 Å². The molecular formula is C23H24ClN7O. The molecule has 0 bridgehead atoms. The van der Waals surface area contributed by atoms with Gasteiger partial charge >= 0.3 is 0 Å². The number of hydrogen-bond acceptors (Lipinski definition) is 7. The van der Waals surface area contributed by atoms with Crippen LogP contribution in [0.5, 0.6) is 0 Å². The van der Waals surface area contributed by atoms with Crippen molar-refractivity contribution in [1.29, 1.82) is 0 Å². The van der Waals surface area contributed by atoms with Crippen LogP contribution in [0.2, 0.25) is 5.02 Å². The molecule has 2 N–H and O–H groups in total. The van der Waals surface area contributed by atoms with Crippen molar-refractivity contribution in [3.63, 3.8) is 0 Å². The van der Waals surface area contributed by atoms with E-state index in [0.717, 1.165) is 49.3 Å². The highest BCUT2D eigenvalue weighted by atomic mass is 35.5. The van der Waals surface area contributed by atoms with Gasteiger partial charge < -0.3 is 15.3 Å². The largest absolute Gasteiger partial charge is 0.395 e. The van der Waals surface area contributed by atoms with Crippen molar-refractivity contribution in [3.8, 4) is 5.82 Å². The summed E-state index contributed by atoms with van der Waals surface area (Å²) >= 11 is 6.39. The highest BCUT2D eigenvalue weighted by Gasteiger charge is 2.17. The summed E-state index contributed by atoms with van der Waals surface area (Å²) in [6.45, 7) is 4.79. The molecule has 8 nitrogen and oxygen atoms in total. The van der Waals surface area contributed by atoms with Crippen LogP contribution in [0.15, 0.2) is 60.9 Å². The zero-order valence-electron chi connectivity index (χ0n) is 17.5. The first-order valence-electron chi connectivity index (χ1n) is 10.6. The van der Waals surface area contributed by atoms with Gasteiger partial charge in [0.2, 0.25) is 5.95 Å². The molecule has 1 aliphatic heterocycles. The summed E-state index contributed by atoms with van der Waals surface area (Å²) in [6, 6.07) is 16.2. The molecule has 2 aromatic heterocycles. The fraction of sp³-hybridized carbons (Fsp3) is 0.261. The third kappa shape index (κ3) is 4.25. The van der Waals surface area contributed by atoms with E-state index in [4.69, 9.17) is 16.7 Å². The first kappa shape index (κ1) is 20.7. The molecule has 32 heavy (non-hydrogen) atoms. The van der Waals surface area contributed by atoms with E-state index < -0.39 is 0 Å². The van der Waals surface area contributed by atoms with Crippen LogP contribution < -0.4 is 10.2 Å². The zero-order valence-corrected chi connectivity index (χ0v) is 18.3. The van der Waals surface area contributed by atoms with E-state index in [2.05, 4.69) is 42.3 Å². The van der Waals surface area contributed by atoms with Crippen molar-refractivity contribution in [1.82, 2.24) is 24.6 Å². The quantitative estimate of drug-likeness (QED) is 0.467. The van der Waals surface area contributed by atoms with Gasteiger partial charge in [-0.1, -0.05) is 29.8 Å². The monoisotopic (exact) mass is 449 g/mol. The third-order valence-corrected chi connectivity index (χ3v) is 5.95. The van der Waals surface area contributed by atoms with Crippen LogP contribution in [0.1, 0.15) is 0 Å². The second kappa shape index (κ2) is 9.12. The molecule has 5 rings (SSSR count). The number of para-hydroxylation sites is 1. The fourth-order valence-electron chi connectivity index (χ4n) is 3.96. The van der Waals surface area contributed by atoms with Crippen LogP contribution in [0.4, 0.5) is 17.3 Å². The molecule has 1 saturated heterocycles. The number of aliphatic hydroxyl groups excluding tert-OH is 1. The Morgan fingerprint density at radius 1 is 0.969 bits per heavy atom. The second-order valence-electron chi connectivity index (χ2n) is 7.70. The van der Waals surface area contributed by atoms with E-state index in [1.165, 1.54) is 5.69 Å². The summed E-state index contributed by atoms with van der Waals surface area (Å²) < 4.78 is 1.73. The molecular weight excluding hydrogens is 426 g/mol. The maximum Gasteiger partial charge on any atom is 0.229 e. The minimum atomic E-state index is 0.214. The fourth-order valence-corrected chi connectivity index (χ4v) is 4.13. The molecule has 3 heterocycles. The van der Waals surface area contributed by atoms with Crippen LogP contribution in [0.25, 0.3) is 16.7 Å². The van der Waals surface area contributed by atoms with E-state index >= 15 is 0 Å². The number of anilines is 3. The van der Waals surface area contributed by atoms with E-state index in [9.17, 15) is 0 Å². The molecule has 0 aliphatic carbocycles. The summed E-state index contributed by atoms with van der Waals surface area (Å²) in [5, 5.41) is 18.3. The Labute approximate surface area is 191 Å². The van der Waals surface area contributed by atoms with Crippen molar-refractivity contribution in [2.24, 2.45) is 0 Å². The predicted molar refractivity (Wildman–Crippen MR) is 127 cm³/mol.